The van der Waals surface area contributed by atoms with Crippen molar-refractivity contribution in [1.29, 1.82) is 0 Å². The van der Waals surface area contributed by atoms with E-state index in [-0.39, 0.29) is 29.4 Å². The number of para-hydroxylation sites is 1. The number of thioether (sulfide) groups is 1. The molecule has 140 valence electrons. The number of fused-ring (bicyclic) bond motifs is 1. The van der Waals surface area contributed by atoms with Crippen molar-refractivity contribution < 1.29 is 14.0 Å². The van der Waals surface area contributed by atoms with Crippen LogP contribution >= 0.6 is 23.4 Å². The van der Waals surface area contributed by atoms with Gasteiger partial charge in [-0.2, -0.15) is 0 Å². The van der Waals surface area contributed by atoms with Crippen molar-refractivity contribution in [2.75, 3.05) is 16.8 Å². The SMILES string of the molecule is C[C@H](NC(=O)CSCC(=O)Nc1ccc(Cl)cc1)c1cc2ccccc2o1. The van der Waals surface area contributed by atoms with E-state index in [1.807, 2.05) is 37.3 Å². The summed E-state index contributed by atoms with van der Waals surface area (Å²) in [6.07, 6.45) is 0. The van der Waals surface area contributed by atoms with Crippen LogP contribution in [0.15, 0.2) is 59.0 Å². The predicted octanol–water partition coefficient (Wildman–Crippen LogP) is 4.64. The molecule has 2 amide bonds. The van der Waals surface area contributed by atoms with Crippen LogP contribution in [-0.2, 0) is 9.59 Å². The maximum absolute atomic E-state index is 12.1. The van der Waals surface area contributed by atoms with Crippen molar-refractivity contribution in [2.45, 2.75) is 13.0 Å². The molecular formula is C20H19ClN2O3S. The molecule has 3 rings (SSSR count). The Bertz CT molecular complexity index is 907. The maximum Gasteiger partial charge on any atom is 0.234 e. The summed E-state index contributed by atoms with van der Waals surface area (Å²) >= 11 is 7.06. The van der Waals surface area contributed by atoms with Crippen LogP contribution in [0.4, 0.5) is 5.69 Å². The van der Waals surface area contributed by atoms with Gasteiger partial charge in [0.05, 0.1) is 17.5 Å². The van der Waals surface area contributed by atoms with Crippen LogP contribution in [0.1, 0.15) is 18.7 Å². The van der Waals surface area contributed by atoms with Gasteiger partial charge in [0, 0.05) is 16.1 Å². The Hall–Kier alpha value is -2.44. The fraction of sp³-hybridized carbons (Fsp3) is 0.200. The average Bonchev–Trinajstić information content (AvgIpc) is 3.08. The molecule has 3 aromatic rings. The molecule has 2 N–H and O–H groups in total. The number of furan rings is 1. The Morgan fingerprint density at radius 2 is 1.78 bits per heavy atom. The first-order valence-corrected chi connectivity index (χ1v) is 9.95. The van der Waals surface area contributed by atoms with Crippen molar-refractivity contribution in [2.24, 2.45) is 0 Å². The number of halogens is 1. The van der Waals surface area contributed by atoms with E-state index in [1.54, 1.807) is 24.3 Å². The molecule has 27 heavy (non-hydrogen) atoms. The Morgan fingerprint density at radius 1 is 1.07 bits per heavy atom. The Balaban J connectivity index is 1.42. The predicted molar refractivity (Wildman–Crippen MR) is 110 cm³/mol. The highest BCUT2D eigenvalue weighted by molar-refractivity contribution is 8.00. The zero-order valence-electron chi connectivity index (χ0n) is 14.7. The van der Waals surface area contributed by atoms with E-state index in [1.165, 1.54) is 11.8 Å². The molecule has 0 aliphatic rings. The number of anilines is 1. The smallest absolute Gasteiger partial charge is 0.234 e. The number of hydrogen-bond acceptors (Lipinski definition) is 4. The van der Waals surface area contributed by atoms with Crippen LogP contribution in [0.3, 0.4) is 0 Å². The summed E-state index contributed by atoms with van der Waals surface area (Å²) in [5.41, 5.74) is 1.47. The molecule has 7 heteroatoms. The molecule has 0 saturated carbocycles. The monoisotopic (exact) mass is 402 g/mol. The van der Waals surface area contributed by atoms with Crippen LogP contribution in [0, 0.1) is 0 Å². The topological polar surface area (TPSA) is 71.3 Å². The standard InChI is InChI=1S/C20H19ClN2O3S/c1-13(18-10-14-4-2-3-5-17(14)26-18)22-19(24)11-27-12-20(25)23-16-8-6-15(21)7-9-16/h2-10,13H,11-12H2,1H3,(H,22,24)(H,23,25)/t13-/m0/s1. The number of rotatable bonds is 7. The lowest BCUT2D eigenvalue weighted by molar-refractivity contribution is -0.119. The highest BCUT2D eigenvalue weighted by Crippen LogP contribution is 2.23. The van der Waals surface area contributed by atoms with Gasteiger partial charge in [-0.1, -0.05) is 29.8 Å². The van der Waals surface area contributed by atoms with Crippen molar-refractivity contribution in [3.63, 3.8) is 0 Å². The molecular weight excluding hydrogens is 384 g/mol. The molecule has 0 fully saturated rings. The molecule has 0 unspecified atom stereocenters. The minimum absolute atomic E-state index is 0.146. The second-order valence-electron chi connectivity index (χ2n) is 6.02. The van der Waals surface area contributed by atoms with Crippen molar-refractivity contribution in [3.8, 4) is 0 Å². The van der Waals surface area contributed by atoms with Crippen LogP contribution in [0.2, 0.25) is 5.02 Å². The van der Waals surface area contributed by atoms with E-state index < -0.39 is 0 Å². The molecule has 1 heterocycles. The lowest BCUT2D eigenvalue weighted by Gasteiger charge is -2.11. The van der Waals surface area contributed by atoms with E-state index in [4.69, 9.17) is 16.0 Å². The Morgan fingerprint density at radius 3 is 2.52 bits per heavy atom. The minimum atomic E-state index is -0.242. The van der Waals surface area contributed by atoms with Crippen molar-refractivity contribution >= 4 is 51.8 Å². The molecule has 0 saturated heterocycles. The third kappa shape index (κ3) is 5.52. The summed E-state index contributed by atoms with van der Waals surface area (Å²) in [7, 11) is 0. The minimum Gasteiger partial charge on any atom is -0.459 e. The first kappa shape index (κ1) is 19.3. The summed E-state index contributed by atoms with van der Waals surface area (Å²) in [4.78, 5) is 24.0. The van der Waals surface area contributed by atoms with Gasteiger partial charge in [-0.25, -0.2) is 0 Å². The third-order valence-electron chi connectivity index (χ3n) is 3.84. The number of carbonyl (C=O) groups excluding carboxylic acids is 2. The first-order valence-electron chi connectivity index (χ1n) is 8.42. The summed E-state index contributed by atoms with van der Waals surface area (Å²) < 4.78 is 5.75. The summed E-state index contributed by atoms with van der Waals surface area (Å²) in [6.45, 7) is 1.87. The highest BCUT2D eigenvalue weighted by Gasteiger charge is 2.14. The zero-order chi connectivity index (χ0) is 19.2. The van der Waals surface area contributed by atoms with Gasteiger partial charge >= 0.3 is 0 Å². The molecule has 1 atom stereocenters. The average molecular weight is 403 g/mol. The summed E-state index contributed by atoms with van der Waals surface area (Å²) in [6, 6.07) is 16.3. The van der Waals surface area contributed by atoms with E-state index in [9.17, 15) is 9.59 Å². The zero-order valence-corrected chi connectivity index (χ0v) is 16.3. The molecule has 0 radical (unpaired) electrons. The lowest BCUT2D eigenvalue weighted by Crippen LogP contribution is -2.28. The highest BCUT2D eigenvalue weighted by atomic mass is 35.5. The van der Waals surface area contributed by atoms with Crippen LogP contribution in [0.5, 0.6) is 0 Å². The number of amides is 2. The van der Waals surface area contributed by atoms with Gasteiger partial charge in [-0.15, -0.1) is 11.8 Å². The van der Waals surface area contributed by atoms with Gasteiger partial charge in [0.2, 0.25) is 11.8 Å². The van der Waals surface area contributed by atoms with E-state index >= 15 is 0 Å². The molecule has 0 aliphatic heterocycles. The van der Waals surface area contributed by atoms with E-state index in [0.29, 0.717) is 16.5 Å². The summed E-state index contributed by atoms with van der Waals surface area (Å²) in [5.74, 6) is 0.774. The third-order valence-corrected chi connectivity index (χ3v) is 5.03. The quantitative estimate of drug-likeness (QED) is 0.604. The van der Waals surface area contributed by atoms with E-state index in [0.717, 1.165) is 11.0 Å². The van der Waals surface area contributed by atoms with Crippen LogP contribution in [-0.4, -0.2) is 23.3 Å². The first-order chi connectivity index (χ1) is 13.0. The molecule has 5 nitrogen and oxygen atoms in total. The normalized spacial score (nSPS) is 11.9. The van der Waals surface area contributed by atoms with Crippen LogP contribution < -0.4 is 10.6 Å². The second kappa shape index (κ2) is 8.97. The molecule has 0 spiro atoms. The van der Waals surface area contributed by atoms with Crippen molar-refractivity contribution in [1.82, 2.24) is 5.32 Å². The molecule has 0 bridgehead atoms. The largest absolute Gasteiger partial charge is 0.459 e. The van der Waals surface area contributed by atoms with Gasteiger partial charge in [-0.05, 0) is 43.3 Å². The number of carbonyl (C=O) groups is 2. The Labute approximate surface area is 166 Å². The number of nitrogens with one attached hydrogen (secondary N) is 2. The molecule has 0 aliphatic carbocycles. The molecule has 1 aromatic heterocycles. The van der Waals surface area contributed by atoms with Gasteiger partial charge in [0.1, 0.15) is 11.3 Å². The van der Waals surface area contributed by atoms with Crippen LogP contribution in [0.25, 0.3) is 11.0 Å². The lowest BCUT2D eigenvalue weighted by atomic mass is 10.2. The fourth-order valence-corrected chi connectivity index (χ4v) is 3.29. The maximum atomic E-state index is 12.1. The Kier molecular flexibility index (Phi) is 6.42. The van der Waals surface area contributed by atoms with Gasteiger partial charge < -0.3 is 15.1 Å². The van der Waals surface area contributed by atoms with Gasteiger partial charge in [0.25, 0.3) is 0 Å². The number of benzene rings is 2. The van der Waals surface area contributed by atoms with Gasteiger partial charge in [0.15, 0.2) is 0 Å². The fourth-order valence-electron chi connectivity index (χ4n) is 2.54. The van der Waals surface area contributed by atoms with Gasteiger partial charge in [-0.3, -0.25) is 9.59 Å². The van der Waals surface area contributed by atoms with Crippen molar-refractivity contribution in [3.05, 3.63) is 65.4 Å². The van der Waals surface area contributed by atoms with E-state index in [2.05, 4.69) is 10.6 Å². The second-order valence-corrected chi connectivity index (χ2v) is 7.45. The summed E-state index contributed by atoms with van der Waals surface area (Å²) in [5, 5.41) is 7.26. The number of hydrogen-bond donors (Lipinski definition) is 2. The molecule has 2 aromatic carbocycles.